The molecule has 1 aromatic carbocycles. The Morgan fingerprint density at radius 3 is 2.16 bits per heavy atom. The van der Waals surface area contributed by atoms with E-state index in [-0.39, 0.29) is 25.5 Å². The number of alkyl halides is 3. The molecule has 1 fully saturated rings. The Morgan fingerprint density at radius 1 is 1.16 bits per heavy atom. The van der Waals surface area contributed by atoms with Gasteiger partial charge in [0.2, 0.25) is 10.0 Å². The summed E-state index contributed by atoms with van der Waals surface area (Å²) in [5.74, 6) is -2.73. The summed E-state index contributed by atoms with van der Waals surface area (Å²) in [6, 6.07) is 0.317. The maximum absolute atomic E-state index is 13.6. The van der Waals surface area contributed by atoms with Gasteiger partial charge in [0.15, 0.2) is 4.90 Å². The lowest BCUT2D eigenvalue weighted by molar-refractivity contribution is -0.182. The van der Waals surface area contributed by atoms with Crippen LogP contribution in [0, 0.1) is 11.6 Å². The average molecular weight is 410 g/mol. The molecule has 0 spiro atoms. The van der Waals surface area contributed by atoms with Crippen LogP contribution in [0.4, 0.5) is 22.0 Å². The molecular formula is C13H17ClF5N3O2S. The van der Waals surface area contributed by atoms with Gasteiger partial charge in [-0.15, -0.1) is 12.4 Å². The van der Waals surface area contributed by atoms with Gasteiger partial charge >= 0.3 is 6.18 Å². The van der Waals surface area contributed by atoms with Crippen LogP contribution in [-0.4, -0.2) is 58.3 Å². The summed E-state index contributed by atoms with van der Waals surface area (Å²) >= 11 is 0. The van der Waals surface area contributed by atoms with Crippen LogP contribution in [0.5, 0.6) is 0 Å². The second-order valence-electron chi connectivity index (χ2n) is 5.25. The fraction of sp³-hybridized carbons (Fsp3) is 0.538. The van der Waals surface area contributed by atoms with Gasteiger partial charge in [-0.2, -0.15) is 13.2 Å². The average Bonchev–Trinajstić information content (AvgIpc) is 2.46. The smallest absolute Gasteiger partial charge is 0.314 e. The van der Waals surface area contributed by atoms with E-state index in [1.165, 1.54) is 0 Å². The van der Waals surface area contributed by atoms with E-state index >= 15 is 0 Å². The third kappa shape index (κ3) is 5.48. The fourth-order valence-electron chi connectivity index (χ4n) is 2.45. The largest absolute Gasteiger partial charge is 0.405 e. The Hall–Kier alpha value is -1.01. The number of sulfonamides is 1. The maximum Gasteiger partial charge on any atom is 0.405 e. The van der Waals surface area contributed by atoms with Gasteiger partial charge in [-0.3, -0.25) is 4.90 Å². The zero-order valence-corrected chi connectivity index (χ0v) is 14.4. The molecule has 1 aliphatic heterocycles. The summed E-state index contributed by atoms with van der Waals surface area (Å²) < 4.78 is 92.4. The van der Waals surface area contributed by atoms with Crippen molar-refractivity contribution in [2.75, 3.05) is 32.7 Å². The predicted molar refractivity (Wildman–Crippen MR) is 83.1 cm³/mol. The van der Waals surface area contributed by atoms with Gasteiger partial charge in [0.1, 0.15) is 17.7 Å². The quantitative estimate of drug-likeness (QED) is 0.724. The van der Waals surface area contributed by atoms with E-state index < -0.39 is 45.3 Å². The Kier molecular flexibility index (Phi) is 7.56. The Morgan fingerprint density at radius 2 is 1.68 bits per heavy atom. The lowest BCUT2D eigenvalue weighted by Gasteiger charge is -2.35. The van der Waals surface area contributed by atoms with Crippen molar-refractivity contribution in [1.82, 2.24) is 14.9 Å². The van der Waals surface area contributed by atoms with Crippen LogP contribution in [0.25, 0.3) is 0 Å². The van der Waals surface area contributed by atoms with Crippen LogP contribution in [-0.2, 0) is 10.0 Å². The van der Waals surface area contributed by atoms with Crippen LogP contribution in [0.2, 0.25) is 0 Å². The first-order valence-corrected chi connectivity index (χ1v) is 8.56. The highest BCUT2D eigenvalue weighted by molar-refractivity contribution is 7.89. The summed E-state index contributed by atoms with van der Waals surface area (Å²) in [4.78, 5) is -0.206. The molecule has 0 radical (unpaired) electrons. The fourth-order valence-corrected chi connectivity index (χ4v) is 3.62. The highest BCUT2D eigenvalue weighted by atomic mass is 35.5. The molecule has 1 aliphatic rings. The summed E-state index contributed by atoms with van der Waals surface area (Å²) in [6.45, 7) is -0.192. The van der Waals surface area contributed by atoms with E-state index in [1.54, 1.807) is 4.72 Å². The van der Waals surface area contributed by atoms with Crippen LogP contribution < -0.4 is 10.0 Å². The van der Waals surface area contributed by atoms with E-state index in [2.05, 4.69) is 5.32 Å². The molecular weight excluding hydrogens is 393 g/mol. The van der Waals surface area contributed by atoms with Crippen molar-refractivity contribution < 1.29 is 30.4 Å². The second-order valence-corrected chi connectivity index (χ2v) is 6.95. The Bertz CT molecular complexity index is 660. The monoisotopic (exact) mass is 409 g/mol. The minimum absolute atomic E-state index is 0. The molecule has 0 aliphatic carbocycles. The molecule has 1 heterocycles. The normalized spacial score (nSPS) is 17.8. The number of halogens is 6. The van der Waals surface area contributed by atoms with E-state index in [0.29, 0.717) is 13.1 Å². The molecule has 2 rings (SSSR count). The van der Waals surface area contributed by atoms with E-state index in [9.17, 15) is 30.4 Å². The zero-order chi connectivity index (χ0) is 18.0. The molecule has 12 heteroatoms. The minimum Gasteiger partial charge on any atom is -0.314 e. The SMILES string of the molecule is Cl.O=S(=O)(NCC(N1CCNCC1)C(F)(F)F)c1c(F)cccc1F. The number of piperazine rings is 1. The number of hydrogen-bond acceptors (Lipinski definition) is 4. The summed E-state index contributed by atoms with van der Waals surface area (Å²) in [7, 11) is -4.76. The molecule has 0 amide bonds. The van der Waals surface area contributed by atoms with Crippen LogP contribution in [0.15, 0.2) is 23.1 Å². The van der Waals surface area contributed by atoms with Crippen molar-refractivity contribution in [3.05, 3.63) is 29.8 Å². The van der Waals surface area contributed by atoms with Gasteiger partial charge in [-0.1, -0.05) is 6.07 Å². The summed E-state index contributed by atoms with van der Waals surface area (Å²) in [5.41, 5.74) is 0. The maximum atomic E-state index is 13.6. The number of rotatable bonds is 5. The number of nitrogens with zero attached hydrogens (tertiary/aromatic N) is 1. The first-order valence-electron chi connectivity index (χ1n) is 7.08. The number of benzene rings is 1. The minimum atomic E-state index is -4.76. The first-order chi connectivity index (χ1) is 11.1. The molecule has 1 unspecified atom stereocenters. The van der Waals surface area contributed by atoms with Crippen molar-refractivity contribution in [1.29, 1.82) is 0 Å². The van der Waals surface area contributed by atoms with Crippen LogP contribution in [0.3, 0.4) is 0 Å². The van der Waals surface area contributed by atoms with Gasteiger partial charge in [0, 0.05) is 32.7 Å². The third-order valence-corrected chi connectivity index (χ3v) is 5.10. The molecule has 1 aromatic rings. The molecule has 1 saturated heterocycles. The Balaban J connectivity index is 0.00000312. The summed E-state index contributed by atoms with van der Waals surface area (Å²) in [5, 5.41) is 2.89. The van der Waals surface area contributed by atoms with Crippen LogP contribution in [0.1, 0.15) is 0 Å². The van der Waals surface area contributed by atoms with Crippen molar-refractivity contribution >= 4 is 22.4 Å². The molecule has 25 heavy (non-hydrogen) atoms. The van der Waals surface area contributed by atoms with Gasteiger partial charge in [0.25, 0.3) is 0 Å². The number of nitrogens with one attached hydrogen (secondary N) is 2. The van der Waals surface area contributed by atoms with Gasteiger partial charge in [-0.05, 0) is 12.1 Å². The molecule has 1 atom stereocenters. The summed E-state index contributed by atoms with van der Waals surface area (Å²) in [6.07, 6.45) is -4.69. The molecule has 144 valence electrons. The van der Waals surface area contributed by atoms with Gasteiger partial charge in [-0.25, -0.2) is 21.9 Å². The molecule has 0 aromatic heterocycles. The van der Waals surface area contributed by atoms with E-state index in [0.717, 1.165) is 23.1 Å². The second kappa shape index (κ2) is 8.58. The lowest BCUT2D eigenvalue weighted by Crippen LogP contribution is -2.57. The highest BCUT2D eigenvalue weighted by Crippen LogP contribution is 2.26. The van der Waals surface area contributed by atoms with Crippen LogP contribution >= 0.6 is 12.4 Å². The van der Waals surface area contributed by atoms with Crippen molar-refractivity contribution in [3.63, 3.8) is 0 Å². The Labute approximate surface area is 148 Å². The van der Waals surface area contributed by atoms with Crippen molar-refractivity contribution in [2.45, 2.75) is 17.1 Å². The molecule has 5 nitrogen and oxygen atoms in total. The topological polar surface area (TPSA) is 61.4 Å². The van der Waals surface area contributed by atoms with Gasteiger partial charge < -0.3 is 5.32 Å². The number of hydrogen-bond donors (Lipinski definition) is 2. The third-order valence-electron chi connectivity index (χ3n) is 3.62. The first kappa shape index (κ1) is 22.0. The highest BCUT2D eigenvalue weighted by Gasteiger charge is 2.44. The lowest BCUT2D eigenvalue weighted by atomic mass is 10.2. The molecule has 0 saturated carbocycles. The van der Waals surface area contributed by atoms with E-state index in [1.807, 2.05) is 0 Å². The van der Waals surface area contributed by atoms with Crippen molar-refractivity contribution in [2.24, 2.45) is 0 Å². The standard InChI is InChI=1S/C13H16F5N3O2S.ClH/c14-9-2-1-3-10(15)12(9)24(22,23)20-8-11(13(16,17)18)21-6-4-19-5-7-21;/h1-3,11,19-20H,4-8H2;1H. The van der Waals surface area contributed by atoms with Crippen molar-refractivity contribution in [3.8, 4) is 0 Å². The van der Waals surface area contributed by atoms with Gasteiger partial charge in [0.05, 0.1) is 0 Å². The zero-order valence-electron chi connectivity index (χ0n) is 12.8. The van der Waals surface area contributed by atoms with E-state index in [4.69, 9.17) is 0 Å². The predicted octanol–water partition coefficient (Wildman–Crippen LogP) is 1.50. The molecule has 2 N–H and O–H groups in total. The molecule has 0 bridgehead atoms.